The van der Waals surface area contributed by atoms with Crippen LogP contribution in [0.15, 0.2) is 22.7 Å². The first-order valence-corrected chi connectivity index (χ1v) is 8.05. The summed E-state index contributed by atoms with van der Waals surface area (Å²) in [5.74, 6) is 1.49. The zero-order chi connectivity index (χ0) is 13.8. The van der Waals surface area contributed by atoms with Crippen LogP contribution in [0.1, 0.15) is 57.6 Å². The Bertz CT molecular complexity index is 417. The number of benzene rings is 1. The molecule has 2 nitrogen and oxygen atoms in total. The first-order chi connectivity index (χ1) is 9.11. The molecule has 0 aromatic heterocycles. The first-order valence-electron chi connectivity index (χ1n) is 7.26. The molecule has 1 N–H and O–H groups in total. The van der Waals surface area contributed by atoms with Crippen LogP contribution in [0.4, 0.5) is 0 Å². The fourth-order valence-corrected chi connectivity index (χ4v) is 3.29. The number of halogens is 1. The largest absolute Gasteiger partial charge is 0.490 e. The van der Waals surface area contributed by atoms with Gasteiger partial charge in [0.1, 0.15) is 11.9 Å². The lowest BCUT2D eigenvalue weighted by Crippen LogP contribution is -2.30. The highest BCUT2D eigenvalue weighted by Crippen LogP contribution is 2.34. The molecular formula is C16H23BrO2. The van der Waals surface area contributed by atoms with Crippen molar-refractivity contribution >= 4 is 15.9 Å². The second-order valence-corrected chi connectivity index (χ2v) is 6.38. The van der Waals surface area contributed by atoms with Crippen LogP contribution < -0.4 is 4.74 Å². The molecule has 1 fully saturated rings. The van der Waals surface area contributed by atoms with Gasteiger partial charge in [0.2, 0.25) is 0 Å². The van der Waals surface area contributed by atoms with Gasteiger partial charge in [-0.15, -0.1) is 0 Å². The van der Waals surface area contributed by atoms with Gasteiger partial charge in [0, 0.05) is 10.0 Å². The Kier molecular flexibility index (Phi) is 5.28. The summed E-state index contributed by atoms with van der Waals surface area (Å²) in [5.41, 5.74) is 0.870. The van der Waals surface area contributed by atoms with Gasteiger partial charge in [0.05, 0.1) is 6.10 Å². The van der Waals surface area contributed by atoms with Gasteiger partial charge in [-0.05, 0) is 56.7 Å². The van der Waals surface area contributed by atoms with Crippen molar-refractivity contribution in [1.82, 2.24) is 0 Å². The van der Waals surface area contributed by atoms with E-state index < -0.39 is 6.10 Å². The van der Waals surface area contributed by atoms with Crippen molar-refractivity contribution in [3.63, 3.8) is 0 Å². The van der Waals surface area contributed by atoms with Crippen LogP contribution in [0.5, 0.6) is 5.75 Å². The molecule has 0 aliphatic heterocycles. The van der Waals surface area contributed by atoms with E-state index in [9.17, 15) is 5.11 Å². The molecule has 19 heavy (non-hydrogen) atoms. The quantitative estimate of drug-likeness (QED) is 0.856. The van der Waals surface area contributed by atoms with Gasteiger partial charge in [-0.25, -0.2) is 0 Å². The molecule has 0 heterocycles. The van der Waals surface area contributed by atoms with Gasteiger partial charge in [0.15, 0.2) is 0 Å². The molecule has 3 atom stereocenters. The predicted octanol–water partition coefficient (Wildman–Crippen LogP) is 4.85. The number of aliphatic hydroxyl groups is 1. The Morgan fingerprint density at radius 1 is 1.37 bits per heavy atom. The molecule has 0 saturated heterocycles. The summed E-state index contributed by atoms with van der Waals surface area (Å²) in [6, 6.07) is 5.89. The Morgan fingerprint density at radius 3 is 2.79 bits per heavy atom. The predicted molar refractivity (Wildman–Crippen MR) is 81.4 cm³/mol. The summed E-state index contributed by atoms with van der Waals surface area (Å²) in [6.07, 6.45) is 5.94. The van der Waals surface area contributed by atoms with E-state index in [-0.39, 0.29) is 0 Å². The Hall–Kier alpha value is -0.540. The van der Waals surface area contributed by atoms with E-state index in [1.54, 1.807) is 6.92 Å². The van der Waals surface area contributed by atoms with Crippen molar-refractivity contribution in [1.29, 1.82) is 0 Å². The van der Waals surface area contributed by atoms with Crippen LogP contribution >= 0.6 is 15.9 Å². The molecule has 1 aromatic rings. The molecule has 106 valence electrons. The molecule has 0 bridgehead atoms. The van der Waals surface area contributed by atoms with Gasteiger partial charge in [-0.2, -0.15) is 0 Å². The molecule has 1 aromatic carbocycles. The minimum absolute atomic E-state index is 0.303. The number of hydrogen-bond acceptors (Lipinski definition) is 2. The van der Waals surface area contributed by atoms with Crippen LogP contribution in [-0.2, 0) is 0 Å². The molecule has 0 amide bonds. The minimum atomic E-state index is -0.504. The van der Waals surface area contributed by atoms with Crippen LogP contribution in [-0.4, -0.2) is 11.2 Å². The monoisotopic (exact) mass is 326 g/mol. The molecule has 0 radical (unpaired) electrons. The third-order valence-corrected chi connectivity index (χ3v) is 4.56. The van der Waals surface area contributed by atoms with Gasteiger partial charge in [-0.1, -0.05) is 29.3 Å². The number of rotatable bonds is 4. The topological polar surface area (TPSA) is 29.5 Å². The van der Waals surface area contributed by atoms with Gasteiger partial charge < -0.3 is 9.84 Å². The van der Waals surface area contributed by atoms with E-state index in [2.05, 4.69) is 22.9 Å². The standard InChI is InChI=1S/C16H23BrO2/c1-3-12-6-4-5-7-15(12)19-16-9-8-13(17)10-14(16)11(2)18/h8-12,15,18H,3-7H2,1-2H3/t11-,12?,15?/m1/s1. The number of hydrogen-bond donors (Lipinski definition) is 1. The molecular weight excluding hydrogens is 304 g/mol. The average Bonchev–Trinajstić information content (AvgIpc) is 2.41. The second-order valence-electron chi connectivity index (χ2n) is 5.47. The average molecular weight is 327 g/mol. The van der Waals surface area contributed by atoms with E-state index in [1.165, 1.54) is 25.7 Å². The molecule has 3 heteroatoms. The molecule has 0 spiro atoms. The van der Waals surface area contributed by atoms with Crippen molar-refractivity contribution in [2.75, 3.05) is 0 Å². The fraction of sp³-hybridized carbons (Fsp3) is 0.625. The van der Waals surface area contributed by atoms with Crippen LogP contribution in [0.2, 0.25) is 0 Å². The summed E-state index contributed by atoms with van der Waals surface area (Å²) < 4.78 is 7.20. The maximum atomic E-state index is 9.88. The molecule has 1 aliphatic rings. The maximum Gasteiger partial charge on any atom is 0.125 e. The van der Waals surface area contributed by atoms with Gasteiger partial charge >= 0.3 is 0 Å². The summed E-state index contributed by atoms with van der Waals surface area (Å²) in [6.45, 7) is 4.02. The third-order valence-electron chi connectivity index (χ3n) is 4.06. The van der Waals surface area contributed by atoms with Crippen LogP contribution in [0.3, 0.4) is 0 Å². The molecule has 1 saturated carbocycles. The Labute approximate surface area is 124 Å². The van der Waals surface area contributed by atoms with Crippen LogP contribution in [0.25, 0.3) is 0 Å². The van der Waals surface area contributed by atoms with E-state index in [1.807, 2.05) is 18.2 Å². The lowest BCUT2D eigenvalue weighted by Gasteiger charge is -2.32. The minimum Gasteiger partial charge on any atom is -0.490 e. The third kappa shape index (κ3) is 3.73. The molecule has 1 aliphatic carbocycles. The summed E-state index contributed by atoms with van der Waals surface area (Å²) in [5, 5.41) is 9.88. The van der Waals surface area contributed by atoms with Gasteiger partial charge in [0.25, 0.3) is 0 Å². The van der Waals surface area contributed by atoms with Crippen molar-refractivity contribution in [2.45, 2.75) is 58.2 Å². The summed E-state index contributed by atoms with van der Waals surface area (Å²) in [4.78, 5) is 0. The number of aliphatic hydroxyl groups excluding tert-OH is 1. The molecule has 2 rings (SSSR count). The fourth-order valence-electron chi connectivity index (χ4n) is 2.91. The zero-order valence-corrected chi connectivity index (χ0v) is 13.3. The highest BCUT2D eigenvalue weighted by Gasteiger charge is 2.26. The van der Waals surface area contributed by atoms with E-state index in [0.29, 0.717) is 12.0 Å². The normalized spacial score (nSPS) is 25.1. The van der Waals surface area contributed by atoms with E-state index >= 15 is 0 Å². The van der Waals surface area contributed by atoms with Crippen molar-refractivity contribution < 1.29 is 9.84 Å². The maximum absolute atomic E-state index is 9.88. The summed E-state index contributed by atoms with van der Waals surface area (Å²) in [7, 11) is 0. The first kappa shape index (κ1) is 14.9. The SMILES string of the molecule is CCC1CCCCC1Oc1ccc(Br)cc1[C@@H](C)O. The highest BCUT2D eigenvalue weighted by molar-refractivity contribution is 9.10. The lowest BCUT2D eigenvalue weighted by molar-refractivity contribution is 0.0855. The summed E-state index contributed by atoms with van der Waals surface area (Å²) >= 11 is 3.45. The zero-order valence-electron chi connectivity index (χ0n) is 11.7. The van der Waals surface area contributed by atoms with E-state index in [0.717, 1.165) is 22.2 Å². The van der Waals surface area contributed by atoms with Crippen molar-refractivity contribution in [3.8, 4) is 5.75 Å². The lowest BCUT2D eigenvalue weighted by atomic mass is 9.84. The van der Waals surface area contributed by atoms with Crippen molar-refractivity contribution in [2.24, 2.45) is 5.92 Å². The smallest absolute Gasteiger partial charge is 0.125 e. The Balaban J connectivity index is 2.17. The van der Waals surface area contributed by atoms with Crippen LogP contribution in [0, 0.1) is 5.92 Å². The Morgan fingerprint density at radius 2 is 2.11 bits per heavy atom. The second kappa shape index (κ2) is 6.76. The molecule has 2 unspecified atom stereocenters. The van der Waals surface area contributed by atoms with Gasteiger partial charge in [-0.3, -0.25) is 0 Å². The highest BCUT2D eigenvalue weighted by atomic mass is 79.9. The number of ether oxygens (including phenoxy) is 1. The van der Waals surface area contributed by atoms with Crippen molar-refractivity contribution in [3.05, 3.63) is 28.2 Å². The van der Waals surface area contributed by atoms with E-state index in [4.69, 9.17) is 4.74 Å².